The van der Waals surface area contributed by atoms with Crippen LogP contribution < -0.4 is 4.90 Å². The van der Waals surface area contributed by atoms with Gasteiger partial charge < -0.3 is 4.90 Å². The maximum absolute atomic E-state index is 13.2. The van der Waals surface area contributed by atoms with Crippen LogP contribution in [0.15, 0.2) is 18.2 Å². The molecule has 1 aliphatic heterocycles. The average molecular weight is 306 g/mol. The number of alkyl halides is 4. The molecule has 5 heteroatoms. The molecule has 1 aliphatic rings. The van der Waals surface area contributed by atoms with Crippen molar-refractivity contribution in [3.63, 3.8) is 0 Å². The van der Waals surface area contributed by atoms with Crippen LogP contribution in [0.4, 0.5) is 18.9 Å². The molecule has 0 radical (unpaired) electrons. The van der Waals surface area contributed by atoms with Crippen molar-refractivity contribution in [1.29, 1.82) is 0 Å². The molecule has 0 aromatic heterocycles. The van der Waals surface area contributed by atoms with Gasteiger partial charge in [0, 0.05) is 24.7 Å². The molecular formula is C15H19ClF3N. The van der Waals surface area contributed by atoms with E-state index in [1.165, 1.54) is 6.07 Å². The lowest BCUT2D eigenvalue weighted by Gasteiger charge is -2.39. The zero-order valence-corrected chi connectivity index (χ0v) is 12.5. The minimum atomic E-state index is -4.34. The van der Waals surface area contributed by atoms with E-state index < -0.39 is 11.7 Å². The SMILES string of the molecule is CC1(C)CCN(c2ccc(CCl)cc2C(F)(F)F)CC1. The Balaban J connectivity index is 2.32. The minimum Gasteiger partial charge on any atom is -0.371 e. The van der Waals surface area contributed by atoms with E-state index in [-0.39, 0.29) is 17.0 Å². The van der Waals surface area contributed by atoms with E-state index in [1.54, 1.807) is 12.1 Å². The fourth-order valence-corrected chi connectivity index (χ4v) is 2.69. The second kappa shape index (κ2) is 5.47. The van der Waals surface area contributed by atoms with Gasteiger partial charge in [-0.1, -0.05) is 19.9 Å². The molecule has 2 rings (SSSR count). The van der Waals surface area contributed by atoms with Crippen LogP contribution >= 0.6 is 11.6 Å². The third-order valence-electron chi connectivity index (χ3n) is 3.98. The smallest absolute Gasteiger partial charge is 0.371 e. The number of halogens is 4. The number of benzene rings is 1. The van der Waals surface area contributed by atoms with Gasteiger partial charge in [0.05, 0.1) is 5.56 Å². The summed E-state index contributed by atoms with van der Waals surface area (Å²) in [7, 11) is 0. The molecule has 0 amide bonds. The van der Waals surface area contributed by atoms with Gasteiger partial charge in [-0.2, -0.15) is 13.2 Å². The van der Waals surface area contributed by atoms with Crippen molar-refractivity contribution in [1.82, 2.24) is 0 Å². The van der Waals surface area contributed by atoms with Gasteiger partial charge in [0.25, 0.3) is 0 Å². The lowest BCUT2D eigenvalue weighted by atomic mass is 9.82. The highest BCUT2D eigenvalue weighted by Crippen LogP contribution is 2.40. The van der Waals surface area contributed by atoms with Crippen LogP contribution in [0, 0.1) is 5.41 Å². The van der Waals surface area contributed by atoms with E-state index >= 15 is 0 Å². The first kappa shape index (κ1) is 15.5. The van der Waals surface area contributed by atoms with Gasteiger partial charge >= 0.3 is 6.18 Å². The molecule has 0 atom stereocenters. The highest BCUT2D eigenvalue weighted by molar-refractivity contribution is 6.17. The Morgan fingerprint density at radius 3 is 2.30 bits per heavy atom. The largest absolute Gasteiger partial charge is 0.418 e. The molecule has 112 valence electrons. The molecule has 0 aliphatic carbocycles. The lowest BCUT2D eigenvalue weighted by Crippen LogP contribution is -2.38. The van der Waals surface area contributed by atoms with Crippen LogP contribution in [-0.2, 0) is 12.1 Å². The molecule has 0 spiro atoms. The van der Waals surface area contributed by atoms with Crippen LogP contribution in [0.3, 0.4) is 0 Å². The Morgan fingerprint density at radius 2 is 1.80 bits per heavy atom. The van der Waals surface area contributed by atoms with Crippen molar-refractivity contribution in [3.8, 4) is 0 Å². The molecule has 0 saturated carbocycles. The maximum atomic E-state index is 13.2. The fourth-order valence-electron chi connectivity index (χ4n) is 2.52. The molecule has 0 bridgehead atoms. The highest BCUT2D eigenvalue weighted by atomic mass is 35.5. The average Bonchev–Trinajstić information content (AvgIpc) is 2.37. The van der Waals surface area contributed by atoms with Crippen LogP contribution in [0.5, 0.6) is 0 Å². The summed E-state index contributed by atoms with van der Waals surface area (Å²) in [6.07, 6.45) is -2.53. The first-order valence-corrected chi connectivity index (χ1v) is 7.27. The third-order valence-corrected chi connectivity index (χ3v) is 4.29. The second-order valence-corrected chi connectivity index (χ2v) is 6.40. The summed E-state index contributed by atoms with van der Waals surface area (Å²) >= 11 is 5.64. The fraction of sp³-hybridized carbons (Fsp3) is 0.600. The molecule has 1 nitrogen and oxygen atoms in total. The number of hydrogen-bond donors (Lipinski definition) is 0. The molecule has 1 aromatic carbocycles. The minimum absolute atomic E-state index is 0.0936. The summed E-state index contributed by atoms with van der Waals surface area (Å²) in [5.41, 5.74) is 0.419. The Hall–Kier alpha value is -0.900. The predicted octanol–water partition coefficient (Wildman–Crippen LogP) is 5.07. The molecular weight excluding hydrogens is 287 g/mol. The van der Waals surface area contributed by atoms with Crippen LogP contribution in [-0.4, -0.2) is 13.1 Å². The first-order chi connectivity index (χ1) is 9.23. The molecule has 1 heterocycles. The van der Waals surface area contributed by atoms with Crippen molar-refractivity contribution in [3.05, 3.63) is 29.3 Å². The Kier molecular flexibility index (Phi) is 4.24. The summed E-state index contributed by atoms with van der Waals surface area (Å²) in [4.78, 5) is 1.84. The van der Waals surface area contributed by atoms with Crippen molar-refractivity contribution in [2.45, 2.75) is 38.7 Å². The summed E-state index contributed by atoms with van der Waals surface area (Å²) in [5, 5.41) is 0. The Labute approximate surface area is 122 Å². The quantitative estimate of drug-likeness (QED) is 0.689. The molecule has 0 unspecified atom stereocenters. The molecule has 0 N–H and O–H groups in total. The van der Waals surface area contributed by atoms with Crippen molar-refractivity contribution in [2.24, 2.45) is 5.41 Å². The summed E-state index contributed by atoms with van der Waals surface area (Å²) < 4.78 is 39.6. The molecule has 20 heavy (non-hydrogen) atoms. The number of anilines is 1. The van der Waals surface area contributed by atoms with Crippen molar-refractivity contribution < 1.29 is 13.2 Å². The van der Waals surface area contributed by atoms with E-state index in [4.69, 9.17) is 11.6 Å². The summed E-state index contributed by atoms with van der Waals surface area (Å²) in [5.74, 6) is 0.0936. The highest BCUT2D eigenvalue weighted by Gasteiger charge is 2.36. The van der Waals surface area contributed by atoms with E-state index in [0.717, 1.165) is 12.8 Å². The van der Waals surface area contributed by atoms with Crippen molar-refractivity contribution in [2.75, 3.05) is 18.0 Å². The number of nitrogens with zero attached hydrogens (tertiary/aromatic N) is 1. The van der Waals surface area contributed by atoms with E-state index in [2.05, 4.69) is 13.8 Å². The zero-order chi connectivity index (χ0) is 15.0. The van der Waals surface area contributed by atoms with Gasteiger partial charge in [0.2, 0.25) is 0 Å². The molecule has 1 saturated heterocycles. The van der Waals surface area contributed by atoms with Gasteiger partial charge in [0.1, 0.15) is 0 Å². The number of piperidine rings is 1. The topological polar surface area (TPSA) is 3.24 Å². The van der Waals surface area contributed by atoms with Gasteiger partial charge in [-0.25, -0.2) is 0 Å². The van der Waals surface area contributed by atoms with E-state index in [0.29, 0.717) is 18.7 Å². The van der Waals surface area contributed by atoms with Gasteiger partial charge in [-0.05, 0) is 36.0 Å². The lowest BCUT2D eigenvalue weighted by molar-refractivity contribution is -0.137. The Morgan fingerprint density at radius 1 is 1.20 bits per heavy atom. The van der Waals surface area contributed by atoms with E-state index in [9.17, 15) is 13.2 Å². The van der Waals surface area contributed by atoms with Crippen LogP contribution in [0.2, 0.25) is 0 Å². The Bertz CT molecular complexity index is 472. The van der Waals surface area contributed by atoms with Gasteiger partial charge in [-0.3, -0.25) is 0 Å². The zero-order valence-electron chi connectivity index (χ0n) is 11.7. The van der Waals surface area contributed by atoms with Crippen molar-refractivity contribution >= 4 is 17.3 Å². The normalized spacial score (nSPS) is 19.2. The summed E-state index contributed by atoms with van der Waals surface area (Å²) in [6.45, 7) is 5.64. The van der Waals surface area contributed by atoms with Gasteiger partial charge in [-0.15, -0.1) is 11.6 Å². The number of hydrogen-bond acceptors (Lipinski definition) is 1. The van der Waals surface area contributed by atoms with Crippen LogP contribution in [0.1, 0.15) is 37.8 Å². The summed E-state index contributed by atoms with van der Waals surface area (Å²) in [6, 6.07) is 4.40. The van der Waals surface area contributed by atoms with Crippen LogP contribution in [0.25, 0.3) is 0 Å². The predicted molar refractivity (Wildman–Crippen MR) is 76.2 cm³/mol. The van der Waals surface area contributed by atoms with E-state index in [1.807, 2.05) is 4.90 Å². The number of rotatable bonds is 2. The van der Waals surface area contributed by atoms with Gasteiger partial charge in [0.15, 0.2) is 0 Å². The second-order valence-electron chi connectivity index (χ2n) is 6.13. The molecule has 1 aromatic rings. The first-order valence-electron chi connectivity index (χ1n) is 6.74. The molecule has 1 fully saturated rings. The maximum Gasteiger partial charge on any atom is 0.418 e. The standard InChI is InChI=1S/C15H19ClF3N/c1-14(2)5-7-20(8-6-14)13-4-3-11(10-16)9-12(13)15(17,18)19/h3-4,9H,5-8,10H2,1-2H3. The monoisotopic (exact) mass is 305 g/mol. The third kappa shape index (κ3) is 3.40.